The number of carbonyl (C=O) groups is 1. The predicted octanol–water partition coefficient (Wildman–Crippen LogP) is 3.77. The Labute approximate surface area is 126 Å². The number of aliphatic hydroxyl groups is 1. The van der Waals surface area contributed by atoms with E-state index in [1.165, 1.54) is 19.3 Å². The van der Waals surface area contributed by atoms with Crippen molar-refractivity contribution < 1.29 is 14.6 Å². The third kappa shape index (κ3) is 9.44. The summed E-state index contributed by atoms with van der Waals surface area (Å²) in [4.78, 5) is 11.1. The SMILES string of the molecule is CCC[C@@H](C)C[C@H](C)CC(CO)COC(=O)C(C)Br. The third-order valence-electron chi connectivity index (χ3n) is 3.37. The topological polar surface area (TPSA) is 46.5 Å². The molecule has 0 saturated heterocycles. The van der Waals surface area contributed by atoms with Crippen molar-refractivity contribution in [1.29, 1.82) is 0 Å². The number of alkyl halides is 1. The standard InChI is InChI=1S/C15H29BrO3/c1-5-6-11(2)7-12(3)8-14(9-17)10-19-15(18)13(4)16/h11-14,17H,5-10H2,1-4H3/t11-,12+,13?,14?/m1/s1. The molecule has 0 amide bonds. The second-order valence-electron chi connectivity index (χ2n) is 5.77. The highest BCUT2D eigenvalue weighted by Crippen LogP contribution is 2.22. The molecule has 4 heteroatoms. The number of esters is 1. The normalized spacial score (nSPS) is 17.6. The fourth-order valence-electron chi connectivity index (χ4n) is 2.47. The van der Waals surface area contributed by atoms with Gasteiger partial charge in [-0.05, 0) is 31.6 Å². The zero-order valence-corrected chi connectivity index (χ0v) is 14.3. The highest BCUT2D eigenvalue weighted by Gasteiger charge is 2.18. The molecule has 0 bridgehead atoms. The monoisotopic (exact) mass is 336 g/mol. The minimum atomic E-state index is -0.283. The van der Waals surface area contributed by atoms with Gasteiger partial charge in [-0.1, -0.05) is 49.5 Å². The summed E-state index contributed by atoms with van der Waals surface area (Å²) < 4.78 is 5.16. The van der Waals surface area contributed by atoms with Crippen molar-refractivity contribution in [1.82, 2.24) is 0 Å². The second-order valence-corrected chi connectivity index (χ2v) is 7.14. The number of rotatable bonds is 10. The first-order valence-corrected chi connectivity index (χ1v) is 8.23. The van der Waals surface area contributed by atoms with Gasteiger partial charge in [0.1, 0.15) is 4.83 Å². The van der Waals surface area contributed by atoms with Gasteiger partial charge in [0.15, 0.2) is 0 Å². The van der Waals surface area contributed by atoms with E-state index >= 15 is 0 Å². The summed E-state index contributed by atoms with van der Waals surface area (Å²) >= 11 is 3.18. The Balaban J connectivity index is 4.00. The van der Waals surface area contributed by atoms with Crippen LogP contribution in [0.2, 0.25) is 0 Å². The van der Waals surface area contributed by atoms with E-state index in [9.17, 15) is 9.90 Å². The Morgan fingerprint density at radius 3 is 2.32 bits per heavy atom. The lowest BCUT2D eigenvalue weighted by molar-refractivity contribution is -0.144. The molecule has 19 heavy (non-hydrogen) atoms. The van der Waals surface area contributed by atoms with E-state index in [1.54, 1.807) is 6.92 Å². The molecule has 0 aliphatic carbocycles. The van der Waals surface area contributed by atoms with E-state index in [2.05, 4.69) is 36.7 Å². The number of carbonyl (C=O) groups excluding carboxylic acids is 1. The predicted molar refractivity (Wildman–Crippen MR) is 82.4 cm³/mol. The van der Waals surface area contributed by atoms with Crippen LogP contribution in [0.15, 0.2) is 0 Å². The van der Waals surface area contributed by atoms with Crippen molar-refractivity contribution in [2.75, 3.05) is 13.2 Å². The van der Waals surface area contributed by atoms with Crippen molar-refractivity contribution in [3.05, 3.63) is 0 Å². The zero-order valence-electron chi connectivity index (χ0n) is 12.7. The Hall–Kier alpha value is -0.0900. The first-order chi connectivity index (χ1) is 8.90. The number of hydrogen-bond donors (Lipinski definition) is 1. The molecular formula is C15H29BrO3. The summed E-state index contributed by atoms with van der Waals surface area (Å²) in [7, 11) is 0. The summed E-state index contributed by atoms with van der Waals surface area (Å²) in [5.74, 6) is 1.08. The van der Waals surface area contributed by atoms with E-state index in [1.807, 2.05) is 0 Å². The van der Waals surface area contributed by atoms with Gasteiger partial charge in [-0.15, -0.1) is 0 Å². The van der Waals surface area contributed by atoms with Crippen molar-refractivity contribution >= 4 is 21.9 Å². The van der Waals surface area contributed by atoms with E-state index in [4.69, 9.17) is 4.74 Å². The van der Waals surface area contributed by atoms with E-state index < -0.39 is 0 Å². The van der Waals surface area contributed by atoms with Crippen LogP contribution in [0.5, 0.6) is 0 Å². The van der Waals surface area contributed by atoms with Crippen molar-refractivity contribution in [3.63, 3.8) is 0 Å². The van der Waals surface area contributed by atoms with Crippen LogP contribution in [-0.4, -0.2) is 29.1 Å². The molecule has 0 aliphatic heterocycles. The summed E-state index contributed by atoms with van der Waals surface area (Å²) in [6.45, 7) is 8.84. The molecular weight excluding hydrogens is 308 g/mol. The Kier molecular flexibility index (Phi) is 10.6. The van der Waals surface area contributed by atoms with E-state index in [0.29, 0.717) is 12.5 Å². The maximum absolute atomic E-state index is 11.4. The molecule has 0 heterocycles. The van der Waals surface area contributed by atoms with Crippen LogP contribution in [0.1, 0.15) is 53.4 Å². The Morgan fingerprint density at radius 1 is 1.21 bits per heavy atom. The van der Waals surface area contributed by atoms with Crippen molar-refractivity contribution in [3.8, 4) is 0 Å². The largest absolute Gasteiger partial charge is 0.464 e. The highest BCUT2D eigenvalue weighted by atomic mass is 79.9. The summed E-state index contributed by atoms with van der Waals surface area (Å²) in [6, 6.07) is 0. The smallest absolute Gasteiger partial charge is 0.319 e. The highest BCUT2D eigenvalue weighted by molar-refractivity contribution is 9.10. The molecule has 0 aromatic carbocycles. The quantitative estimate of drug-likeness (QED) is 0.487. The van der Waals surface area contributed by atoms with Gasteiger partial charge in [-0.25, -0.2) is 0 Å². The number of hydrogen-bond acceptors (Lipinski definition) is 3. The van der Waals surface area contributed by atoms with Crippen LogP contribution in [0, 0.1) is 17.8 Å². The molecule has 0 fully saturated rings. The molecule has 4 atom stereocenters. The van der Waals surface area contributed by atoms with Crippen LogP contribution in [0.25, 0.3) is 0 Å². The fourth-order valence-corrected chi connectivity index (χ4v) is 2.61. The van der Waals surface area contributed by atoms with Gasteiger partial charge in [0.05, 0.1) is 6.61 Å². The lowest BCUT2D eigenvalue weighted by atomic mass is 9.88. The van der Waals surface area contributed by atoms with Crippen LogP contribution in [0.4, 0.5) is 0 Å². The molecule has 114 valence electrons. The van der Waals surface area contributed by atoms with Crippen LogP contribution in [-0.2, 0) is 9.53 Å². The lowest BCUT2D eigenvalue weighted by Crippen LogP contribution is -2.23. The molecule has 3 nitrogen and oxygen atoms in total. The maximum Gasteiger partial charge on any atom is 0.319 e. The first-order valence-electron chi connectivity index (χ1n) is 7.32. The average Bonchev–Trinajstić information content (AvgIpc) is 2.33. The maximum atomic E-state index is 11.4. The van der Waals surface area contributed by atoms with Gasteiger partial charge in [0.25, 0.3) is 0 Å². The molecule has 0 saturated carbocycles. The number of ether oxygens (including phenoxy) is 1. The van der Waals surface area contributed by atoms with Gasteiger partial charge in [0, 0.05) is 12.5 Å². The van der Waals surface area contributed by atoms with Crippen molar-refractivity contribution in [2.24, 2.45) is 17.8 Å². The van der Waals surface area contributed by atoms with E-state index in [0.717, 1.165) is 12.3 Å². The van der Waals surface area contributed by atoms with Gasteiger partial charge >= 0.3 is 5.97 Å². The molecule has 0 aliphatic rings. The van der Waals surface area contributed by atoms with Crippen LogP contribution >= 0.6 is 15.9 Å². The summed E-state index contributed by atoms with van der Waals surface area (Å²) in [5.41, 5.74) is 0. The average molecular weight is 337 g/mol. The lowest BCUT2D eigenvalue weighted by Gasteiger charge is -2.21. The molecule has 0 aromatic heterocycles. The molecule has 2 unspecified atom stereocenters. The van der Waals surface area contributed by atoms with Crippen LogP contribution < -0.4 is 0 Å². The zero-order chi connectivity index (χ0) is 14.8. The van der Waals surface area contributed by atoms with E-state index in [-0.39, 0.29) is 23.3 Å². The number of halogens is 1. The molecule has 0 spiro atoms. The first kappa shape index (κ1) is 18.9. The fraction of sp³-hybridized carbons (Fsp3) is 0.933. The minimum absolute atomic E-state index is 0.0547. The van der Waals surface area contributed by atoms with Gasteiger partial charge in [0.2, 0.25) is 0 Å². The molecule has 1 N–H and O–H groups in total. The third-order valence-corrected chi connectivity index (χ3v) is 3.74. The molecule has 0 radical (unpaired) electrons. The van der Waals surface area contributed by atoms with Gasteiger partial charge < -0.3 is 9.84 Å². The van der Waals surface area contributed by atoms with Crippen LogP contribution in [0.3, 0.4) is 0 Å². The summed E-state index contributed by atoms with van der Waals surface area (Å²) in [5, 5.41) is 9.36. The second kappa shape index (κ2) is 10.7. The summed E-state index contributed by atoms with van der Waals surface area (Å²) in [6.07, 6.45) is 4.56. The minimum Gasteiger partial charge on any atom is -0.464 e. The Bertz CT molecular complexity index is 244. The molecule has 0 aromatic rings. The Morgan fingerprint density at radius 2 is 1.84 bits per heavy atom. The molecule has 0 rings (SSSR count). The van der Waals surface area contributed by atoms with Gasteiger partial charge in [-0.3, -0.25) is 4.79 Å². The van der Waals surface area contributed by atoms with Crippen molar-refractivity contribution in [2.45, 2.75) is 58.2 Å². The number of aliphatic hydroxyl groups excluding tert-OH is 1. The van der Waals surface area contributed by atoms with Gasteiger partial charge in [-0.2, -0.15) is 0 Å².